The van der Waals surface area contributed by atoms with Crippen molar-refractivity contribution < 1.29 is 4.79 Å². The molecular formula is C16H23N5O. The van der Waals surface area contributed by atoms with Gasteiger partial charge in [-0.25, -0.2) is 9.50 Å². The number of nitrogens with one attached hydrogen (secondary N) is 1. The van der Waals surface area contributed by atoms with Crippen LogP contribution in [0.15, 0.2) is 0 Å². The van der Waals surface area contributed by atoms with Gasteiger partial charge in [0.15, 0.2) is 0 Å². The van der Waals surface area contributed by atoms with Crippen LogP contribution in [-0.4, -0.2) is 31.5 Å². The fourth-order valence-electron chi connectivity index (χ4n) is 3.28. The van der Waals surface area contributed by atoms with Crippen molar-refractivity contribution in [3.8, 4) is 0 Å². The van der Waals surface area contributed by atoms with Gasteiger partial charge in [-0.1, -0.05) is 12.8 Å². The van der Waals surface area contributed by atoms with Crippen LogP contribution in [0, 0.1) is 20.8 Å². The van der Waals surface area contributed by atoms with Crippen LogP contribution in [0.4, 0.5) is 0 Å². The van der Waals surface area contributed by atoms with Crippen molar-refractivity contribution in [2.24, 2.45) is 0 Å². The monoisotopic (exact) mass is 301 g/mol. The SMILES string of the molecule is Cc1nc2nc(C)c(CCC(=O)NC3CCCC3)c(C)n2n1. The van der Waals surface area contributed by atoms with Crippen molar-refractivity contribution in [1.82, 2.24) is 24.9 Å². The van der Waals surface area contributed by atoms with E-state index in [1.54, 1.807) is 4.52 Å². The Balaban J connectivity index is 1.71. The van der Waals surface area contributed by atoms with Crippen LogP contribution in [-0.2, 0) is 11.2 Å². The first-order valence-corrected chi connectivity index (χ1v) is 8.03. The molecule has 0 spiro atoms. The third-order valence-electron chi connectivity index (χ3n) is 4.48. The Bertz CT molecular complexity index is 700. The summed E-state index contributed by atoms with van der Waals surface area (Å²) in [6.45, 7) is 5.85. The van der Waals surface area contributed by atoms with E-state index in [9.17, 15) is 4.79 Å². The summed E-state index contributed by atoms with van der Waals surface area (Å²) in [7, 11) is 0. The summed E-state index contributed by atoms with van der Waals surface area (Å²) in [5, 5.41) is 7.50. The third kappa shape index (κ3) is 2.96. The summed E-state index contributed by atoms with van der Waals surface area (Å²) < 4.78 is 1.77. The second-order valence-electron chi connectivity index (χ2n) is 6.18. The molecule has 2 aromatic heterocycles. The number of fused-ring (bicyclic) bond motifs is 1. The zero-order valence-corrected chi connectivity index (χ0v) is 13.5. The van der Waals surface area contributed by atoms with Crippen molar-refractivity contribution in [2.45, 2.75) is 65.3 Å². The van der Waals surface area contributed by atoms with Gasteiger partial charge >= 0.3 is 0 Å². The van der Waals surface area contributed by atoms with E-state index in [1.165, 1.54) is 12.8 Å². The molecule has 0 bridgehead atoms. The van der Waals surface area contributed by atoms with Gasteiger partial charge in [0.25, 0.3) is 5.78 Å². The predicted molar refractivity (Wildman–Crippen MR) is 83.7 cm³/mol. The maximum absolute atomic E-state index is 12.1. The van der Waals surface area contributed by atoms with Gasteiger partial charge in [-0.2, -0.15) is 10.1 Å². The summed E-state index contributed by atoms with van der Waals surface area (Å²) in [5.41, 5.74) is 3.06. The summed E-state index contributed by atoms with van der Waals surface area (Å²) in [4.78, 5) is 20.9. The zero-order valence-electron chi connectivity index (χ0n) is 13.5. The zero-order chi connectivity index (χ0) is 15.7. The van der Waals surface area contributed by atoms with Crippen LogP contribution < -0.4 is 5.32 Å². The molecule has 3 rings (SSSR count). The van der Waals surface area contributed by atoms with Crippen LogP contribution in [0.3, 0.4) is 0 Å². The minimum atomic E-state index is 0.139. The van der Waals surface area contributed by atoms with Crippen LogP contribution in [0.25, 0.3) is 5.78 Å². The van der Waals surface area contributed by atoms with Crippen molar-refractivity contribution in [3.63, 3.8) is 0 Å². The largest absolute Gasteiger partial charge is 0.353 e. The van der Waals surface area contributed by atoms with Gasteiger partial charge in [-0.3, -0.25) is 4.79 Å². The first kappa shape index (κ1) is 14.9. The molecule has 22 heavy (non-hydrogen) atoms. The van der Waals surface area contributed by atoms with Crippen molar-refractivity contribution in [3.05, 3.63) is 22.8 Å². The molecule has 2 heterocycles. The molecule has 1 amide bonds. The molecule has 0 saturated heterocycles. The number of amides is 1. The number of rotatable bonds is 4. The Morgan fingerprint density at radius 3 is 2.68 bits per heavy atom. The second kappa shape index (κ2) is 6.02. The smallest absolute Gasteiger partial charge is 0.252 e. The number of aromatic nitrogens is 4. The third-order valence-corrected chi connectivity index (χ3v) is 4.48. The summed E-state index contributed by atoms with van der Waals surface area (Å²) in [6.07, 6.45) is 5.90. The molecule has 0 unspecified atom stereocenters. The molecule has 1 saturated carbocycles. The van der Waals surface area contributed by atoms with E-state index in [4.69, 9.17) is 0 Å². The Morgan fingerprint density at radius 2 is 1.95 bits per heavy atom. The van der Waals surface area contributed by atoms with Crippen molar-refractivity contribution >= 4 is 11.7 Å². The van der Waals surface area contributed by atoms with Gasteiger partial charge in [0, 0.05) is 23.9 Å². The number of carbonyl (C=O) groups excluding carboxylic acids is 1. The van der Waals surface area contributed by atoms with E-state index in [0.29, 0.717) is 30.5 Å². The fourth-order valence-corrected chi connectivity index (χ4v) is 3.28. The number of nitrogens with zero attached hydrogens (tertiary/aromatic N) is 4. The highest BCUT2D eigenvalue weighted by molar-refractivity contribution is 5.76. The van der Waals surface area contributed by atoms with Crippen LogP contribution in [0.5, 0.6) is 0 Å². The first-order chi connectivity index (χ1) is 10.5. The topological polar surface area (TPSA) is 72.2 Å². The molecule has 1 N–H and O–H groups in total. The van der Waals surface area contributed by atoms with Crippen LogP contribution >= 0.6 is 0 Å². The molecule has 0 radical (unpaired) electrons. The lowest BCUT2D eigenvalue weighted by atomic mass is 10.1. The Labute approximate surface area is 130 Å². The van der Waals surface area contributed by atoms with Crippen LogP contribution in [0.1, 0.15) is 54.9 Å². The van der Waals surface area contributed by atoms with Gasteiger partial charge < -0.3 is 5.32 Å². The lowest BCUT2D eigenvalue weighted by Gasteiger charge is -2.13. The number of hydrogen-bond acceptors (Lipinski definition) is 4. The second-order valence-corrected chi connectivity index (χ2v) is 6.18. The molecular weight excluding hydrogens is 278 g/mol. The van der Waals surface area contributed by atoms with Gasteiger partial charge in [0.2, 0.25) is 5.91 Å². The highest BCUT2D eigenvalue weighted by Gasteiger charge is 2.18. The standard InChI is InChI=1S/C16H23N5O/c1-10-14(8-9-15(22)19-13-6-4-5-7-13)11(2)21-16(17-10)18-12(3)20-21/h13H,4-9H2,1-3H3,(H,19,22). The number of aryl methyl sites for hydroxylation is 3. The normalized spacial score (nSPS) is 15.6. The van der Waals surface area contributed by atoms with Crippen molar-refractivity contribution in [1.29, 1.82) is 0 Å². The van der Waals surface area contributed by atoms with Crippen LogP contribution in [0.2, 0.25) is 0 Å². The minimum Gasteiger partial charge on any atom is -0.353 e. The van der Waals surface area contributed by atoms with Gasteiger partial charge in [0.1, 0.15) is 5.82 Å². The van der Waals surface area contributed by atoms with Gasteiger partial charge in [-0.05, 0) is 45.6 Å². The fraction of sp³-hybridized carbons (Fsp3) is 0.625. The molecule has 0 aliphatic heterocycles. The Hall–Kier alpha value is -1.98. The van der Waals surface area contributed by atoms with E-state index in [-0.39, 0.29) is 5.91 Å². The molecule has 6 nitrogen and oxygen atoms in total. The summed E-state index contributed by atoms with van der Waals surface area (Å²) in [6, 6.07) is 0.383. The molecule has 1 aliphatic carbocycles. The lowest BCUT2D eigenvalue weighted by molar-refractivity contribution is -0.121. The molecule has 1 aliphatic rings. The molecule has 1 fully saturated rings. The molecule has 118 valence electrons. The van der Waals surface area contributed by atoms with E-state index in [2.05, 4.69) is 20.4 Å². The molecule has 2 aromatic rings. The van der Waals surface area contributed by atoms with Crippen molar-refractivity contribution in [2.75, 3.05) is 0 Å². The Morgan fingerprint density at radius 1 is 1.23 bits per heavy atom. The average Bonchev–Trinajstić information content (AvgIpc) is 3.07. The highest BCUT2D eigenvalue weighted by atomic mass is 16.1. The molecule has 0 atom stereocenters. The van der Waals surface area contributed by atoms with E-state index in [1.807, 2.05) is 20.8 Å². The Kier molecular flexibility index (Phi) is 4.09. The number of hydrogen-bond donors (Lipinski definition) is 1. The van der Waals surface area contributed by atoms with Gasteiger partial charge in [0.05, 0.1) is 0 Å². The van der Waals surface area contributed by atoms with E-state index >= 15 is 0 Å². The van der Waals surface area contributed by atoms with Gasteiger partial charge in [-0.15, -0.1) is 0 Å². The highest BCUT2D eigenvalue weighted by Crippen LogP contribution is 2.19. The number of carbonyl (C=O) groups is 1. The maximum Gasteiger partial charge on any atom is 0.252 e. The van der Waals surface area contributed by atoms with E-state index in [0.717, 1.165) is 29.8 Å². The lowest BCUT2D eigenvalue weighted by Crippen LogP contribution is -2.32. The predicted octanol–water partition coefficient (Wildman–Crippen LogP) is 2.04. The molecule has 6 heteroatoms. The quantitative estimate of drug-likeness (QED) is 0.938. The molecule has 0 aromatic carbocycles. The minimum absolute atomic E-state index is 0.139. The average molecular weight is 301 g/mol. The van der Waals surface area contributed by atoms with E-state index < -0.39 is 0 Å². The maximum atomic E-state index is 12.1. The summed E-state index contributed by atoms with van der Waals surface area (Å²) >= 11 is 0. The summed E-state index contributed by atoms with van der Waals surface area (Å²) in [5.74, 6) is 1.48. The first-order valence-electron chi connectivity index (χ1n) is 8.03.